The molecule has 2 aromatic heterocycles. The van der Waals surface area contributed by atoms with E-state index in [2.05, 4.69) is 43.3 Å². The van der Waals surface area contributed by atoms with Crippen molar-refractivity contribution < 1.29 is 4.79 Å². The van der Waals surface area contributed by atoms with Gasteiger partial charge in [0.25, 0.3) is 0 Å². The minimum atomic E-state index is -0.125. The lowest BCUT2D eigenvalue weighted by Crippen LogP contribution is -2.27. The smallest absolute Gasteiger partial charge is 0.240 e. The summed E-state index contributed by atoms with van der Waals surface area (Å²) in [5.41, 5.74) is 6.34. The standard InChI is InChI=1S/C26H24N6OS/c1-18-5-4-6-21(13-18)25-29-30-26(34)32(25)16-24(33)27-14-19-9-11-20(12-10-19)15-31-17-28-22-7-2-3-8-23(22)31/h2-13,17H,14-16H2,1H3,(H,27,33)(H,30,34). The Morgan fingerprint density at radius 3 is 2.65 bits per heavy atom. The van der Waals surface area contributed by atoms with Gasteiger partial charge in [0.1, 0.15) is 6.54 Å². The highest BCUT2D eigenvalue weighted by Crippen LogP contribution is 2.18. The molecule has 0 aliphatic heterocycles. The molecule has 2 heterocycles. The molecule has 1 amide bonds. The third kappa shape index (κ3) is 4.67. The molecule has 8 heteroatoms. The highest BCUT2D eigenvalue weighted by Gasteiger charge is 2.12. The fraction of sp³-hybridized carbons (Fsp3) is 0.154. The highest BCUT2D eigenvalue weighted by molar-refractivity contribution is 7.71. The van der Waals surface area contributed by atoms with Crippen molar-refractivity contribution >= 4 is 29.2 Å². The van der Waals surface area contributed by atoms with Gasteiger partial charge < -0.3 is 9.88 Å². The van der Waals surface area contributed by atoms with Gasteiger partial charge in [-0.15, -0.1) is 0 Å². The summed E-state index contributed by atoms with van der Waals surface area (Å²) in [7, 11) is 0. The molecule has 0 atom stereocenters. The summed E-state index contributed by atoms with van der Waals surface area (Å²) in [6, 6.07) is 24.3. The summed E-state index contributed by atoms with van der Waals surface area (Å²) in [6.45, 7) is 3.31. The molecule has 0 aliphatic rings. The number of aromatic nitrogens is 5. The van der Waals surface area contributed by atoms with E-state index < -0.39 is 0 Å². The van der Waals surface area contributed by atoms with E-state index in [4.69, 9.17) is 12.2 Å². The summed E-state index contributed by atoms with van der Waals surface area (Å²) in [5.74, 6) is 0.528. The number of amides is 1. The van der Waals surface area contributed by atoms with E-state index in [1.807, 2.05) is 67.8 Å². The Morgan fingerprint density at radius 1 is 1.03 bits per heavy atom. The Morgan fingerprint density at radius 2 is 1.82 bits per heavy atom. The molecule has 2 N–H and O–H groups in total. The molecular weight excluding hydrogens is 444 g/mol. The SMILES string of the molecule is Cc1cccc(-c2n[nH]c(=S)n2CC(=O)NCc2ccc(Cn3cnc4ccccc43)cc2)c1. The van der Waals surface area contributed by atoms with E-state index >= 15 is 0 Å². The zero-order valence-corrected chi connectivity index (χ0v) is 19.5. The summed E-state index contributed by atoms with van der Waals surface area (Å²) < 4.78 is 4.27. The van der Waals surface area contributed by atoms with Gasteiger partial charge in [0.2, 0.25) is 5.91 Å². The number of benzene rings is 3. The van der Waals surface area contributed by atoms with Crippen LogP contribution in [-0.2, 0) is 24.4 Å². The zero-order valence-electron chi connectivity index (χ0n) is 18.7. The van der Waals surface area contributed by atoms with Crippen LogP contribution in [0.5, 0.6) is 0 Å². The van der Waals surface area contributed by atoms with Crippen molar-refractivity contribution in [3.05, 3.63) is 101 Å². The lowest BCUT2D eigenvalue weighted by atomic mass is 10.1. The number of H-pyrrole nitrogens is 1. The molecule has 7 nitrogen and oxygen atoms in total. The van der Waals surface area contributed by atoms with Crippen molar-refractivity contribution in [3.8, 4) is 11.4 Å². The Bertz CT molecular complexity index is 1510. The Kier molecular flexibility index (Phi) is 6.05. The average Bonchev–Trinajstić information content (AvgIpc) is 3.42. The van der Waals surface area contributed by atoms with E-state index in [-0.39, 0.29) is 12.5 Å². The Hall–Kier alpha value is -4.04. The molecule has 0 saturated heterocycles. The molecule has 0 saturated carbocycles. The minimum Gasteiger partial charge on any atom is -0.350 e. The maximum atomic E-state index is 12.7. The topological polar surface area (TPSA) is 80.5 Å². The van der Waals surface area contributed by atoms with Gasteiger partial charge in [-0.2, -0.15) is 5.10 Å². The van der Waals surface area contributed by atoms with E-state index in [0.717, 1.165) is 34.3 Å². The van der Waals surface area contributed by atoms with Crippen LogP contribution in [0.4, 0.5) is 0 Å². The largest absolute Gasteiger partial charge is 0.350 e. The van der Waals surface area contributed by atoms with Crippen LogP contribution in [0.2, 0.25) is 0 Å². The number of hydrogen-bond acceptors (Lipinski definition) is 4. The number of para-hydroxylation sites is 2. The van der Waals surface area contributed by atoms with Crippen molar-refractivity contribution in [2.75, 3.05) is 0 Å². The summed E-state index contributed by atoms with van der Waals surface area (Å²) in [5, 5.41) is 10.1. The second-order valence-electron chi connectivity index (χ2n) is 8.26. The number of fused-ring (bicyclic) bond motifs is 1. The second-order valence-corrected chi connectivity index (χ2v) is 8.65. The molecule has 0 unspecified atom stereocenters. The molecule has 0 radical (unpaired) electrons. The van der Waals surface area contributed by atoms with Crippen molar-refractivity contribution in [2.24, 2.45) is 0 Å². The zero-order chi connectivity index (χ0) is 23.5. The molecule has 0 spiro atoms. The number of imidazole rings is 1. The third-order valence-electron chi connectivity index (χ3n) is 5.73. The van der Waals surface area contributed by atoms with Crippen molar-refractivity contribution in [3.63, 3.8) is 0 Å². The van der Waals surface area contributed by atoms with Crippen LogP contribution >= 0.6 is 12.2 Å². The number of aromatic amines is 1. The quantitative estimate of drug-likeness (QED) is 0.341. The molecule has 5 rings (SSSR count). The van der Waals surface area contributed by atoms with Gasteiger partial charge in [-0.25, -0.2) is 4.98 Å². The molecule has 170 valence electrons. The van der Waals surface area contributed by atoms with E-state index in [1.165, 1.54) is 5.56 Å². The van der Waals surface area contributed by atoms with Crippen molar-refractivity contribution in [2.45, 2.75) is 26.6 Å². The summed E-state index contributed by atoms with van der Waals surface area (Å²) in [6.07, 6.45) is 1.87. The highest BCUT2D eigenvalue weighted by atomic mass is 32.1. The fourth-order valence-corrected chi connectivity index (χ4v) is 4.16. The van der Waals surface area contributed by atoms with Crippen LogP contribution in [0.3, 0.4) is 0 Å². The molecule has 0 aliphatic carbocycles. The van der Waals surface area contributed by atoms with Gasteiger partial charge in [-0.1, -0.05) is 60.2 Å². The first kappa shape index (κ1) is 21.8. The molecule has 34 heavy (non-hydrogen) atoms. The van der Waals surface area contributed by atoms with E-state index in [0.29, 0.717) is 17.1 Å². The van der Waals surface area contributed by atoms with Crippen LogP contribution in [0.1, 0.15) is 16.7 Å². The third-order valence-corrected chi connectivity index (χ3v) is 6.04. The number of nitrogens with zero attached hydrogens (tertiary/aromatic N) is 4. The predicted octanol–water partition coefficient (Wildman–Crippen LogP) is 4.63. The maximum absolute atomic E-state index is 12.7. The van der Waals surface area contributed by atoms with Gasteiger partial charge in [0.05, 0.1) is 17.4 Å². The first-order valence-corrected chi connectivity index (χ1v) is 11.4. The van der Waals surface area contributed by atoms with Crippen LogP contribution < -0.4 is 5.32 Å². The van der Waals surface area contributed by atoms with Crippen molar-refractivity contribution in [1.82, 2.24) is 29.6 Å². The number of hydrogen-bond donors (Lipinski definition) is 2. The van der Waals surface area contributed by atoms with Gasteiger partial charge in [-0.05, 0) is 48.5 Å². The maximum Gasteiger partial charge on any atom is 0.240 e. The number of carbonyl (C=O) groups is 1. The first-order valence-electron chi connectivity index (χ1n) is 11.0. The van der Waals surface area contributed by atoms with Gasteiger partial charge in [-0.3, -0.25) is 14.5 Å². The van der Waals surface area contributed by atoms with Gasteiger partial charge in [0, 0.05) is 18.7 Å². The van der Waals surface area contributed by atoms with Gasteiger partial charge >= 0.3 is 0 Å². The van der Waals surface area contributed by atoms with Crippen molar-refractivity contribution in [1.29, 1.82) is 0 Å². The second kappa shape index (κ2) is 9.44. The minimum absolute atomic E-state index is 0.102. The molecule has 0 bridgehead atoms. The summed E-state index contributed by atoms with van der Waals surface area (Å²) in [4.78, 5) is 17.1. The van der Waals surface area contributed by atoms with Crippen LogP contribution in [0, 0.1) is 11.7 Å². The molecule has 0 fully saturated rings. The van der Waals surface area contributed by atoms with E-state index in [1.54, 1.807) is 4.57 Å². The number of aryl methyl sites for hydroxylation is 1. The van der Waals surface area contributed by atoms with Crippen LogP contribution in [-0.4, -0.2) is 30.2 Å². The van der Waals surface area contributed by atoms with Gasteiger partial charge in [0.15, 0.2) is 10.6 Å². The van der Waals surface area contributed by atoms with Crippen LogP contribution in [0.15, 0.2) is 79.1 Å². The number of rotatable bonds is 7. The first-order chi connectivity index (χ1) is 16.6. The Labute approximate surface area is 202 Å². The monoisotopic (exact) mass is 468 g/mol. The lowest BCUT2D eigenvalue weighted by molar-refractivity contribution is -0.121. The fourth-order valence-electron chi connectivity index (χ4n) is 3.96. The van der Waals surface area contributed by atoms with E-state index in [9.17, 15) is 4.79 Å². The number of carbonyl (C=O) groups excluding carboxylic acids is 1. The lowest BCUT2D eigenvalue weighted by Gasteiger charge is -2.10. The number of nitrogens with one attached hydrogen (secondary N) is 2. The normalized spacial score (nSPS) is 11.1. The summed E-state index contributed by atoms with van der Waals surface area (Å²) >= 11 is 5.35. The predicted molar refractivity (Wildman–Crippen MR) is 135 cm³/mol. The van der Waals surface area contributed by atoms with Crippen LogP contribution in [0.25, 0.3) is 22.4 Å². The molecule has 3 aromatic carbocycles. The molecule has 5 aromatic rings. The molecular formula is C26H24N6OS. The average molecular weight is 469 g/mol. The Balaban J connectivity index is 1.21.